The predicted molar refractivity (Wildman–Crippen MR) is 57.9 cm³/mol. The van der Waals surface area contributed by atoms with Crippen molar-refractivity contribution in [1.29, 1.82) is 0 Å². The van der Waals surface area contributed by atoms with Crippen LogP contribution in [-0.2, 0) is 4.79 Å². The number of amides is 1. The summed E-state index contributed by atoms with van der Waals surface area (Å²) in [4.78, 5) is 19.0. The highest BCUT2D eigenvalue weighted by Gasteiger charge is 2.17. The van der Waals surface area contributed by atoms with Crippen molar-refractivity contribution in [2.45, 2.75) is 19.3 Å². The Labute approximate surface area is 94.2 Å². The van der Waals surface area contributed by atoms with Gasteiger partial charge in [-0.2, -0.15) is 0 Å². The molecule has 2 rings (SSSR count). The Morgan fingerprint density at radius 1 is 1.44 bits per heavy atom. The van der Waals surface area contributed by atoms with Gasteiger partial charge in [0.05, 0.1) is 12.4 Å². The van der Waals surface area contributed by atoms with Gasteiger partial charge in [0.2, 0.25) is 0 Å². The average Bonchev–Trinajstić information content (AvgIpc) is 2.26. The SMILES string of the molecule is O=C(COc1cncnc1)NCC1CCC1. The third-order valence-electron chi connectivity index (χ3n) is 2.72. The largest absolute Gasteiger partial charge is 0.481 e. The van der Waals surface area contributed by atoms with Gasteiger partial charge >= 0.3 is 0 Å². The second kappa shape index (κ2) is 5.44. The maximum Gasteiger partial charge on any atom is 0.257 e. The van der Waals surface area contributed by atoms with Crippen molar-refractivity contribution >= 4 is 5.91 Å². The molecule has 0 atom stereocenters. The minimum absolute atomic E-state index is 0.0279. The van der Waals surface area contributed by atoms with Crippen molar-refractivity contribution < 1.29 is 9.53 Å². The lowest BCUT2D eigenvalue weighted by Crippen LogP contribution is -2.35. The van der Waals surface area contributed by atoms with Crippen LogP contribution in [0.1, 0.15) is 19.3 Å². The highest BCUT2D eigenvalue weighted by atomic mass is 16.5. The minimum Gasteiger partial charge on any atom is -0.481 e. The second-order valence-electron chi connectivity index (χ2n) is 3.96. The Balaban J connectivity index is 1.63. The highest BCUT2D eigenvalue weighted by molar-refractivity contribution is 5.77. The van der Waals surface area contributed by atoms with E-state index in [1.165, 1.54) is 38.0 Å². The third kappa shape index (κ3) is 3.18. The molecule has 5 heteroatoms. The number of nitrogens with zero attached hydrogens (tertiary/aromatic N) is 2. The smallest absolute Gasteiger partial charge is 0.257 e. The van der Waals surface area contributed by atoms with E-state index in [1.54, 1.807) is 0 Å². The van der Waals surface area contributed by atoms with Crippen LogP contribution in [0.3, 0.4) is 0 Å². The zero-order chi connectivity index (χ0) is 11.2. The molecule has 16 heavy (non-hydrogen) atoms. The van der Waals surface area contributed by atoms with E-state index in [2.05, 4.69) is 15.3 Å². The quantitative estimate of drug-likeness (QED) is 0.797. The third-order valence-corrected chi connectivity index (χ3v) is 2.72. The first-order chi connectivity index (χ1) is 7.84. The van der Waals surface area contributed by atoms with Gasteiger partial charge in [0.15, 0.2) is 12.4 Å². The maximum absolute atomic E-state index is 11.4. The first-order valence-electron chi connectivity index (χ1n) is 5.49. The van der Waals surface area contributed by atoms with Gasteiger partial charge in [-0.25, -0.2) is 9.97 Å². The van der Waals surface area contributed by atoms with E-state index in [1.807, 2.05) is 0 Å². The van der Waals surface area contributed by atoms with Crippen molar-refractivity contribution in [1.82, 2.24) is 15.3 Å². The van der Waals surface area contributed by atoms with Crippen molar-refractivity contribution in [3.63, 3.8) is 0 Å². The number of carbonyl (C=O) groups is 1. The number of carbonyl (C=O) groups excluding carboxylic acids is 1. The van der Waals surface area contributed by atoms with Crippen LogP contribution in [0, 0.1) is 5.92 Å². The summed E-state index contributed by atoms with van der Waals surface area (Å²) in [6.07, 6.45) is 8.24. The number of aromatic nitrogens is 2. The van der Waals surface area contributed by atoms with E-state index in [4.69, 9.17) is 4.74 Å². The maximum atomic E-state index is 11.4. The van der Waals surface area contributed by atoms with Gasteiger partial charge < -0.3 is 10.1 Å². The van der Waals surface area contributed by atoms with Crippen LogP contribution in [-0.4, -0.2) is 29.0 Å². The van der Waals surface area contributed by atoms with Crippen LogP contribution in [0.5, 0.6) is 5.75 Å². The Morgan fingerprint density at radius 2 is 2.19 bits per heavy atom. The summed E-state index contributed by atoms with van der Waals surface area (Å²) in [5.41, 5.74) is 0. The van der Waals surface area contributed by atoms with Crippen molar-refractivity contribution in [3.8, 4) is 5.75 Å². The molecular weight excluding hydrogens is 206 g/mol. The summed E-state index contributed by atoms with van der Waals surface area (Å²) in [7, 11) is 0. The summed E-state index contributed by atoms with van der Waals surface area (Å²) in [6, 6.07) is 0. The molecule has 5 nitrogen and oxygen atoms in total. The van der Waals surface area contributed by atoms with E-state index in [0.717, 1.165) is 6.54 Å². The Kier molecular flexibility index (Phi) is 3.69. The van der Waals surface area contributed by atoms with Gasteiger partial charge in [-0.3, -0.25) is 4.79 Å². The normalized spacial score (nSPS) is 15.2. The van der Waals surface area contributed by atoms with E-state index < -0.39 is 0 Å². The molecule has 1 aromatic heterocycles. The molecule has 0 aliphatic heterocycles. The first kappa shape index (κ1) is 10.9. The number of nitrogens with one attached hydrogen (secondary N) is 1. The molecule has 1 heterocycles. The summed E-state index contributed by atoms with van der Waals surface area (Å²) in [5.74, 6) is 1.10. The molecule has 0 radical (unpaired) electrons. The predicted octanol–water partition coefficient (Wildman–Crippen LogP) is 0.772. The molecule has 1 amide bonds. The van der Waals surface area contributed by atoms with E-state index in [0.29, 0.717) is 11.7 Å². The van der Waals surface area contributed by atoms with E-state index in [-0.39, 0.29) is 12.5 Å². The molecule has 1 fully saturated rings. The van der Waals surface area contributed by atoms with Crippen LogP contribution in [0.4, 0.5) is 0 Å². The minimum atomic E-state index is -0.0873. The number of hydrogen-bond acceptors (Lipinski definition) is 4. The van der Waals surface area contributed by atoms with Gasteiger partial charge in [-0.05, 0) is 18.8 Å². The summed E-state index contributed by atoms with van der Waals surface area (Å²) in [5, 5.41) is 2.85. The standard InChI is InChI=1S/C11H15N3O2/c15-11(14-4-9-2-1-3-9)7-16-10-5-12-8-13-6-10/h5-6,8-9H,1-4,7H2,(H,14,15). The number of hydrogen-bond donors (Lipinski definition) is 1. The highest BCUT2D eigenvalue weighted by Crippen LogP contribution is 2.24. The monoisotopic (exact) mass is 221 g/mol. The van der Waals surface area contributed by atoms with Crippen LogP contribution in [0.2, 0.25) is 0 Å². The molecule has 0 unspecified atom stereocenters. The van der Waals surface area contributed by atoms with Crippen molar-refractivity contribution in [3.05, 3.63) is 18.7 Å². The zero-order valence-electron chi connectivity index (χ0n) is 9.06. The molecule has 1 aliphatic carbocycles. The Hall–Kier alpha value is -1.65. The molecule has 0 spiro atoms. The molecule has 1 N–H and O–H groups in total. The van der Waals surface area contributed by atoms with Gasteiger partial charge in [0, 0.05) is 6.54 Å². The Bertz CT molecular complexity index is 338. The van der Waals surface area contributed by atoms with E-state index in [9.17, 15) is 4.79 Å². The summed E-state index contributed by atoms with van der Waals surface area (Å²) in [6.45, 7) is 0.799. The lowest BCUT2D eigenvalue weighted by Gasteiger charge is -2.25. The molecule has 0 bridgehead atoms. The fourth-order valence-electron chi connectivity index (χ4n) is 1.51. The summed E-state index contributed by atoms with van der Waals surface area (Å²) >= 11 is 0. The molecular formula is C11H15N3O2. The molecule has 1 aromatic rings. The Morgan fingerprint density at radius 3 is 2.81 bits per heavy atom. The molecule has 0 aromatic carbocycles. The lowest BCUT2D eigenvalue weighted by molar-refractivity contribution is -0.123. The van der Waals surface area contributed by atoms with Crippen LogP contribution < -0.4 is 10.1 Å². The number of ether oxygens (including phenoxy) is 1. The van der Waals surface area contributed by atoms with E-state index >= 15 is 0 Å². The first-order valence-corrected chi connectivity index (χ1v) is 5.49. The van der Waals surface area contributed by atoms with Crippen molar-refractivity contribution in [2.75, 3.05) is 13.2 Å². The summed E-state index contributed by atoms with van der Waals surface area (Å²) < 4.78 is 5.21. The van der Waals surface area contributed by atoms with Crippen LogP contribution in [0.25, 0.3) is 0 Å². The van der Waals surface area contributed by atoms with Gasteiger partial charge in [0.25, 0.3) is 5.91 Å². The van der Waals surface area contributed by atoms with Gasteiger partial charge in [-0.1, -0.05) is 6.42 Å². The molecule has 1 aliphatic rings. The lowest BCUT2D eigenvalue weighted by atomic mass is 9.85. The van der Waals surface area contributed by atoms with Gasteiger partial charge in [0.1, 0.15) is 6.33 Å². The molecule has 86 valence electrons. The van der Waals surface area contributed by atoms with Crippen LogP contribution in [0.15, 0.2) is 18.7 Å². The van der Waals surface area contributed by atoms with Gasteiger partial charge in [-0.15, -0.1) is 0 Å². The van der Waals surface area contributed by atoms with Crippen molar-refractivity contribution in [2.24, 2.45) is 5.92 Å². The fraction of sp³-hybridized carbons (Fsp3) is 0.545. The topological polar surface area (TPSA) is 64.1 Å². The average molecular weight is 221 g/mol. The molecule has 0 saturated heterocycles. The number of rotatable bonds is 5. The zero-order valence-corrected chi connectivity index (χ0v) is 9.06. The second-order valence-corrected chi connectivity index (χ2v) is 3.96. The molecule has 1 saturated carbocycles. The van der Waals surface area contributed by atoms with Crippen LogP contribution >= 0.6 is 0 Å². The fourth-order valence-corrected chi connectivity index (χ4v) is 1.51.